The molecule has 0 aliphatic rings. The van der Waals surface area contributed by atoms with E-state index in [1.165, 1.54) is 24.3 Å². The van der Waals surface area contributed by atoms with E-state index in [-0.39, 0.29) is 15.1 Å². The van der Waals surface area contributed by atoms with E-state index in [0.717, 1.165) is 12.1 Å². The molecule has 19 heavy (non-hydrogen) atoms. The SMILES string of the molecule is Oc1cc(O)cc(-c2cccc(C(F)(F)F)c2I)c1. The first kappa shape index (κ1) is 14.0. The maximum absolute atomic E-state index is 12.8. The first-order chi connectivity index (χ1) is 8.79. The second-order valence-corrected chi connectivity index (χ2v) is 4.98. The third-order valence-corrected chi connectivity index (χ3v) is 3.68. The van der Waals surface area contributed by atoms with Crippen molar-refractivity contribution in [3.05, 3.63) is 45.5 Å². The molecule has 0 unspecified atom stereocenters. The molecule has 0 bridgehead atoms. The summed E-state index contributed by atoms with van der Waals surface area (Å²) >= 11 is 1.61. The molecule has 0 saturated carbocycles. The summed E-state index contributed by atoms with van der Waals surface area (Å²) < 4.78 is 38.4. The fourth-order valence-electron chi connectivity index (χ4n) is 1.72. The minimum Gasteiger partial charge on any atom is -0.508 e. The number of phenolic OH excluding ortho intramolecular Hbond substituents is 2. The lowest BCUT2D eigenvalue weighted by Crippen LogP contribution is -2.08. The molecule has 0 aromatic heterocycles. The molecule has 0 spiro atoms. The van der Waals surface area contributed by atoms with Gasteiger partial charge in [0, 0.05) is 9.64 Å². The molecule has 0 atom stereocenters. The molecule has 2 N–H and O–H groups in total. The normalized spacial score (nSPS) is 11.6. The van der Waals surface area contributed by atoms with Crippen LogP contribution in [-0.4, -0.2) is 10.2 Å². The van der Waals surface area contributed by atoms with Gasteiger partial charge in [-0.2, -0.15) is 13.2 Å². The Morgan fingerprint density at radius 1 is 0.947 bits per heavy atom. The number of hydrogen-bond donors (Lipinski definition) is 2. The van der Waals surface area contributed by atoms with Crippen LogP contribution in [0.5, 0.6) is 11.5 Å². The van der Waals surface area contributed by atoms with E-state index in [2.05, 4.69) is 0 Å². The van der Waals surface area contributed by atoms with Crippen LogP contribution in [0.25, 0.3) is 11.1 Å². The summed E-state index contributed by atoms with van der Waals surface area (Å²) in [4.78, 5) is 0. The van der Waals surface area contributed by atoms with Gasteiger partial charge in [0.25, 0.3) is 0 Å². The molecule has 100 valence electrons. The van der Waals surface area contributed by atoms with Gasteiger partial charge in [0.1, 0.15) is 11.5 Å². The van der Waals surface area contributed by atoms with Gasteiger partial charge in [0.05, 0.1) is 5.56 Å². The topological polar surface area (TPSA) is 40.5 Å². The van der Waals surface area contributed by atoms with Crippen LogP contribution in [0.2, 0.25) is 0 Å². The number of rotatable bonds is 1. The average Bonchev–Trinajstić information content (AvgIpc) is 2.26. The number of hydrogen-bond acceptors (Lipinski definition) is 2. The molecule has 0 radical (unpaired) electrons. The highest BCUT2D eigenvalue weighted by molar-refractivity contribution is 14.1. The summed E-state index contributed by atoms with van der Waals surface area (Å²) in [5, 5.41) is 18.8. The van der Waals surface area contributed by atoms with Gasteiger partial charge in [0.2, 0.25) is 0 Å². The minimum atomic E-state index is -4.44. The van der Waals surface area contributed by atoms with Crippen molar-refractivity contribution in [2.75, 3.05) is 0 Å². The Morgan fingerprint density at radius 3 is 2.05 bits per heavy atom. The lowest BCUT2D eigenvalue weighted by Gasteiger charge is -2.13. The zero-order chi connectivity index (χ0) is 14.2. The molecule has 0 fully saturated rings. The Labute approximate surface area is 120 Å². The molecular weight excluding hydrogens is 372 g/mol. The molecule has 2 aromatic rings. The van der Waals surface area contributed by atoms with E-state index in [0.29, 0.717) is 11.1 Å². The van der Waals surface area contributed by atoms with Gasteiger partial charge in [-0.1, -0.05) is 12.1 Å². The highest BCUT2D eigenvalue weighted by Gasteiger charge is 2.33. The van der Waals surface area contributed by atoms with E-state index in [1.807, 2.05) is 0 Å². The Bertz CT molecular complexity index is 604. The summed E-state index contributed by atoms with van der Waals surface area (Å²) in [6.45, 7) is 0. The average molecular weight is 380 g/mol. The molecule has 0 heterocycles. The smallest absolute Gasteiger partial charge is 0.417 e. The largest absolute Gasteiger partial charge is 0.508 e. The van der Waals surface area contributed by atoms with Crippen molar-refractivity contribution >= 4 is 22.6 Å². The predicted octanol–water partition coefficient (Wildman–Crippen LogP) is 4.39. The Balaban J connectivity index is 2.63. The van der Waals surface area contributed by atoms with Crippen molar-refractivity contribution in [2.24, 2.45) is 0 Å². The van der Waals surface area contributed by atoms with E-state index >= 15 is 0 Å². The van der Waals surface area contributed by atoms with Gasteiger partial charge in [-0.25, -0.2) is 0 Å². The van der Waals surface area contributed by atoms with Crippen LogP contribution in [0.1, 0.15) is 5.56 Å². The monoisotopic (exact) mass is 380 g/mol. The summed E-state index contributed by atoms with van der Waals surface area (Å²) in [6, 6.07) is 7.51. The molecule has 2 rings (SSSR count). The van der Waals surface area contributed by atoms with E-state index in [9.17, 15) is 23.4 Å². The third-order valence-electron chi connectivity index (χ3n) is 2.52. The fourth-order valence-corrected chi connectivity index (χ4v) is 2.70. The van der Waals surface area contributed by atoms with Gasteiger partial charge in [-0.3, -0.25) is 0 Å². The van der Waals surface area contributed by atoms with Gasteiger partial charge >= 0.3 is 6.18 Å². The van der Waals surface area contributed by atoms with Crippen molar-refractivity contribution in [3.63, 3.8) is 0 Å². The predicted molar refractivity (Wildman–Crippen MR) is 72.9 cm³/mol. The van der Waals surface area contributed by atoms with Gasteiger partial charge in [-0.05, 0) is 51.9 Å². The summed E-state index contributed by atoms with van der Waals surface area (Å²) in [5.41, 5.74) is -0.108. The second-order valence-electron chi connectivity index (χ2n) is 3.90. The first-order valence-electron chi connectivity index (χ1n) is 5.18. The minimum absolute atomic E-state index is 0.0256. The highest BCUT2D eigenvalue weighted by Crippen LogP contribution is 2.38. The highest BCUT2D eigenvalue weighted by atomic mass is 127. The van der Waals surface area contributed by atoms with Crippen molar-refractivity contribution in [2.45, 2.75) is 6.18 Å². The van der Waals surface area contributed by atoms with E-state index in [1.54, 1.807) is 22.6 Å². The third kappa shape index (κ3) is 2.94. The van der Waals surface area contributed by atoms with Crippen LogP contribution in [0, 0.1) is 3.57 Å². The number of aromatic hydroxyl groups is 2. The van der Waals surface area contributed by atoms with Gasteiger partial charge in [0.15, 0.2) is 0 Å². The second kappa shape index (κ2) is 4.92. The van der Waals surface area contributed by atoms with Crippen LogP contribution in [0.3, 0.4) is 0 Å². The molecule has 0 amide bonds. The van der Waals surface area contributed by atoms with Gasteiger partial charge < -0.3 is 10.2 Å². The summed E-state index contributed by atoms with van der Waals surface area (Å²) in [5.74, 6) is -0.411. The van der Waals surface area contributed by atoms with Crippen molar-refractivity contribution < 1.29 is 23.4 Å². The Morgan fingerprint density at radius 2 is 1.53 bits per heavy atom. The summed E-state index contributed by atoms with van der Waals surface area (Å²) in [7, 11) is 0. The lowest BCUT2D eigenvalue weighted by molar-refractivity contribution is -0.138. The number of phenols is 2. The number of halogens is 4. The maximum atomic E-state index is 12.8. The van der Waals surface area contributed by atoms with Gasteiger partial charge in [-0.15, -0.1) is 0 Å². The maximum Gasteiger partial charge on any atom is 0.417 e. The Hall–Kier alpha value is -1.44. The van der Waals surface area contributed by atoms with Crippen LogP contribution in [0.4, 0.5) is 13.2 Å². The molecular formula is C13H8F3IO2. The van der Waals surface area contributed by atoms with Crippen LogP contribution in [0.15, 0.2) is 36.4 Å². The van der Waals surface area contributed by atoms with E-state index in [4.69, 9.17) is 0 Å². The lowest BCUT2D eigenvalue weighted by atomic mass is 10.0. The molecule has 0 aliphatic heterocycles. The van der Waals surface area contributed by atoms with Crippen LogP contribution >= 0.6 is 22.6 Å². The quantitative estimate of drug-likeness (QED) is 0.721. The first-order valence-corrected chi connectivity index (χ1v) is 6.26. The summed E-state index contributed by atoms with van der Waals surface area (Å²) in [6.07, 6.45) is -4.44. The fraction of sp³-hybridized carbons (Fsp3) is 0.0769. The van der Waals surface area contributed by atoms with E-state index < -0.39 is 11.7 Å². The van der Waals surface area contributed by atoms with Crippen molar-refractivity contribution in [1.82, 2.24) is 0 Å². The molecule has 0 aliphatic carbocycles. The van der Waals surface area contributed by atoms with Crippen LogP contribution in [-0.2, 0) is 6.18 Å². The zero-order valence-electron chi connectivity index (χ0n) is 9.37. The standard InChI is InChI=1S/C13H8F3IO2/c14-13(15,16)11-3-1-2-10(12(11)17)7-4-8(18)6-9(19)5-7/h1-6,18-19H. The van der Waals surface area contributed by atoms with Crippen molar-refractivity contribution in [1.29, 1.82) is 0 Å². The molecule has 6 heteroatoms. The zero-order valence-corrected chi connectivity index (χ0v) is 11.5. The molecule has 2 aromatic carbocycles. The van der Waals surface area contributed by atoms with Crippen molar-refractivity contribution in [3.8, 4) is 22.6 Å². The Kier molecular flexibility index (Phi) is 3.62. The van der Waals surface area contributed by atoms with Crippen LogP contribution < -0.4 is 0 Å². The number of alkyl halides is 3. The molecule has 2 nitrogen and oxygen atoms in total. The number of benzene rings is 2. The molecule has 0 saturated heterocycles.